The number of hydrogen-bond acceptors (Lipinski definition) is 5. The summed E-state index contributed by atoms with van der Waals surface area (Å²) in [7, 11) is 1.63. The molecular weight excluding hydrogens is 258 g/mol. The van der Waals surface area contributed by atoms with E-state index in [-0.39, 0.29) is 6.79 Å². The third kappa shape index (κ3) is 2.58. The number of rotatable bonds is 5. The van der Waals surface area contributed by atoms with Crippen molar-refractivity contribution in [2.75, 3.05) is 13.9 Å². The molecule has 1 aromatic carbocycles. The van der Waals surface area contributed by atoms with Gasteiger partial charge in [0.1, 0.15) is 11.5 Å². The lowest BCUT2D eigenvalue weighted by molar-refractivity contribution is 0.171. The molecule has 0 saturated heterocycles. The third-order valence-electron chi connectivity index (χ3n) is 3.14. The van der Waals surface area contributed by atoms with Gasteiger partial charge in [0.05, 0.1) is 13.7 Å². The fourth-order valence-corrected chi connectivity index (χ4v) is 2.20. The summed E-state index contributed by atoms with van der Waals surface area (Å²) >= 11 is 0. The number of benzene rings is 1. The predicted octanol–water partition coefficient (Wildman–Crippen LogP) is 2.62. The molecule has 0 saturated carbocycles. The molecule has 0 radical (unpaired) electrons. The number of nitrogens with one attached hydrogen (secondary N) is 1. The van der Waals surface area contributed by atoms with Crippen LogP contribution in [0.1, 0.15) is 17.1 Å². The Hall–Kier alpha value is -2.14. The average Bonchev–Trinajstić information content (AvgIpc) is 3.06. The van der Waals surface area contributed by atoms with E-state index in [1.807, 2.05) is 31.2 Å². The Morgan fingerprint density at radius 3 is 2.85 bits per heavy atom. The highest BCUT2D eigenvalue weighted by Gasteiger charge is 2.19. The van der Waals surface area contributed by atoms with Crippen LogP contribution in [0, 0.1) is 6.92 Å². The van der Waals surface area contributed by atoms with E-state index in [2.05, 4.69) is 5.32 Å². The van der Waals surface area contributed by atoms with Crippen molar-refractivity contribution < 1.29 is 18.6 Å². The second kappa shape index (κ2) is 5.46. The van der Waals surface area contributed by atoms with Gasteiger partial charge in [-0.2, -0.15) is 0 Å². The molecule has 5 heteroatoms. The molecule has 0 fully saturated rings. The van der Waals surface area contributed by atoms with Crippen LogP contribution >= 0.6 is 0 Å². The Morgan fingerprint density at radius 2 is 2.10 bits per heavy atom. The molecular formula is C15H17NO4. The number of aryl methyl sites for hydroxylation is 1. The van der Waals surface area contributed by atoms with Crippen LogP contribution in [0.15, 0.2) is 28.7 Å². The number of ether oxygens (including phenoxy) is 3. The van der Waals surface area contributed by atoms with Gasteiger partial charge in [-0.25, -0.2) is 0 Å². The van der Waals surface area contributed by atoms with Gasteiger partial charge < -0.3 is 23.9 Å². The van der Waals surface area contributed by atoms with Crippen molar-refractivity contribution in [2.45, 2.75) is 20.0 Å². The van der Waals surface area contributed by atoms with E-state index in [4.69, 9.17) is 18.6 Å². The topological polar surface area (TPSA) is 52.9 Å². The Bertz CT molecular complexity index is 606. The molecule has 106 valence electrons. The molecule has 20 heavy (non-hydrogen) atoms. The lowest BCUT2D eigenvalue weighted by atomic mass is 10.2. The molecule has 2 aromatic rings. The van der Waals surface area contributed by atoms with Gasteiger partial charge in [0, 0.05) is 6.54 Å². The molecule has 1 aromatic heterocycles. The Balaban J connectivity index is 1.65. The molecule has 1 N–H and O–H groups in total. The van der Waals surface area contributed by atoms with Gasteiger partial charge >= 0.3 is 0 Å². The Morgan fingerprint density at radius 1 is 1.20 bits per heavy atom. The van der Waals surface area contributed by atoms with Gasteiger partial charge in [-0.05, 0) is 36.8 Å². The zero-order valence-corrected chi connectivity index (χ0v) is 11.6. The van der Waals surface area contributed by atoms with Crippen molar-refractivity contribution in [3.63, 3.8) is 0 Å². The smallest absolute Gasteiger partial charge is 0.231 e. The van der Waals surface area contributed by atoms with Gasteiger partial charge in [0.25, 0.3) is 0 Å². The molecule has 0 amide bonds. The molecule has 1 aliphatic rings. The van der Waals surface area contributed by atoms with Crippen molar-refractivity contribution in [1.82, 2.24) is 5.32 Å². The molecule has 0 spiro atoms. The van der Waals surface area contributed by atoms with E-state index in [0.29, 0.717) is 24.6 Å². The van der Waals surface area contributed by atoms with E-state index in [9.17, 15) is 0 Å². The summed E-state index contributed by atoms with van der Waals surface area (Å²) in [4.78, 5) is 0. The van der Waals surface area contributed by atoms with Crippen LogP contribution in [0.25, 0.3) is 0 Å². The minimum atomic E-state index is 0.244. The maximum atomic E-state index is 5.51. The summed E-state index contributed by atoms with van der Waals surface area (Å²) in [5, 5.41) is 3.33. The fraction of sp³-hybridized carbons (Fsp3) is 0.333. The van der Waals surface area contributed by atoms with Crippen LogP contribution < -0.4 is 19.5 Å². The van der Waals surface area contributed by atoms with Gasteiger partial charge in [-0.1, -0.05) is 0 Å². The molecule has 5 nitrogen and oxygen atoms in total. The summed E-state index contributed by atoms with van der Waals surface area (Å²) < 4.78 is 21.6. The van der Waals surface area contributed by atoms with Crippen molar-refractivity contribution in [2.24, 2.45) is 0 Å². The first-order chi connectivity index (χ1) is 9.76. The lowest BCUT2D eigenvalue weighted by Crippen LogP contribution is -2.12. The highest BCUT2D eigenvalue weighted by atomic mass is 16.7. The standard InChI is InChI=1S/C15H17NO4/c1-10-3-4-12(20-10)8-16-7-11-5-13(17-2)15-14(6-11)18-9-19-15/h3-6,16H,7-9H2,1-2H3. The van der Waals surface area contributed by atoms with E-state index in [1.165, 1.54) is 0 Å². The van der Waals surface area contributed by atoms with Crippen LogP contribution in [0.4, 0.5) is 0 Å². The summed E-state index contributed by atoms with van der Waals surface area (Å²) in [6.45, 7) is 3.57. The molecule has 0 atom stereocenters. The summed E-state index contributed by atoms with van der Waals surface area (Å²) in [5.41, 5.74) is 1.08. The fourth-order valence-electron chi connectivity index (χ4n) is 2.20. The van der Waals surface area contributed by atoms with Gasteiger partial charge in [0.2, 0.25) is 12.5 Å². The highest BCUT2D eigenvalue weighted by Crippen LogP contribution is 2.41. The maximum Gasteiger partial charge on any atom is 0.231 e. The largest absolute Gasteiger partial charge is 0.493 e. The van der Waals surface area contributed by atoms with Gasteiger partial charge in [0.15, 0.2) is 11.5 Å². The zero-order valence-electron chi connectivity index (χ0n) is 11.6. The minimum Gasteiger partial charge on any atom is -0.493 e. The molecule has 3 rings (SSSR count). The molecule has 0 bridgehead atoms. The Kier molecular flexibility index (Phi) is 3.52. The van der Waals surface area contributed by atoms with Crippen molar-refractivity contribution >= 4 is 0 Å². The van der Waals surface area contributed by atoms with Crippen LogP contribution in [0.3, 0.4) is 0 Å². The van der Waals surface area contributed by atoms with E-state index in [0.717, 1.165) is 22.8 Å². The first-order valence-corrected chi connectivity index (χ1v) is 6.49. The molecule has 0 unspecified atom stereocenters. The number of furan rings is 1. The molecule has 0 aliphatic carbocycles. The van der Waals surface area contributed by atoms with Crippen LogP contribution in [0.5, 0.6) is 17.2 Å². The summed E-state index contributed by atoms with van der Waals surface area (Å²) in [5.74, 6) is 3.96. The number of fused-ring (bicyclic) bond motifs is 1. The van der Waals surface area contributed by atoms with Crippen LogP contribution in [0.2, 0.25) is 0 Å². The average molecular weight is 275 g/mol. The zero-order chi connectivity index (χ0) is 13.9. The van der Waals surface area contributed by atoms with Crippen LogP contribution in [-0.4, -0.2) is 13.9 Å². The maximum absolute atomic E-state index is 5.51. The first-order valence-electron chi connectivity index (χ1n) is 6.49. The predicted molar refractivity (Wildman–Crippen MR) is 73.1 cm³/mol. The molecule has 1 aliphatic heterocycles. The van der Waals surface area contributed by atoms with E-state index < -0.39 is 0 Å². The second-order valence-corrected chi connectivity index (χ2v) is 4.65. The first kappa shape index (κ1) is 12.9. The summed E-state index contributed by atoms with van der Waals surface area (Å²) in [6, 6.07) is 7.85. The highest BCUT2D eigenvalue weighted by molar-refractivity contribution is 5.55. The van der Waals surface area contributed by atoms with Crippen LogP contribution in [-0.2, 0) is 13.1 Å². The quantitative estimate of drug-likeness (QED) is 0.909. The molecule has 2 heterocycles. The lowest BCUT2D eigenvalue weighted by Gasteiger charge is -2.08. The number of hydrogen-bond donors (Lipinski definition) is 1. The monoisotopic (exact) mass is 275 g/mol. The summed E-state index contributed by atoms with van der Waals surface area (Å²) in [6.07, 6.45) is 0. The third-order valence-corrected chi connectivity index (χ3v) is 3.14. The van der Waals surface area contributed by atoms with Gasteiger partial charge in [-0.15, -0.1) is 0 Å². The number of methoxy groups -OCH3 is 1. The normalized spacial score (nSPS) is 12.7. The van der Waals surface area contributed by atoms with Crippen molar-refractivity contribution in [3.05, 3.63) is 41.3 Å². The second-order valence-electron chi connectivity index (χ2n) is 4.65. The minimum absolute atomic E-state index is 0.244. The van der Waals surface area contributed by atoms with Crippen molar-refractivity contribution in [1.29, 1.82) is 0 Å². The van der Waals surface area contributed by atoms with Gasteiger partial charge in [-0.3, -0.25) is 0 Å². The van der Waals surface area contributed by atoms with E-state index in [1.54, 1.807) is 7.11 Å². The Labute approximate surface area is 117 Å². The van der Waals surface area contributed by atoms with E-state index >= 15 is 0 Å². The SMILES string of the molecule is COc1cc(CNCc2ccc(C)o2)cc2c1OCO2. The van der Waals surface area contributed by atoms with Crippen molar-refractivity contribution in [3.8, 4) is 17.2 Å².